The summed E-state index contributed by atoms with van der Waals surface area (Å²) >= 11 is 0. The first kappa shape index (κ1) is 12.8. The van der Waals surface area contributed by atoms with Crippen LogP contribution in [0.25, 0.3) is 0 Å². The van der Waals surface area contributed by atoms with Crippen molar-refractivity contribution in [3.05, 3.63) is 47.9 Å². The van der Waals surface area contributed by atoms with Crippen LogP contribution in [0.4, 0.5) is 5.69 Å². The molecular formula is C13H14N4O2. The van der Waals surface area contributed by atoms with Gasteiger partial charge in [-0.05, 0) is 18.2 Å². The summed E-state index contributed by atoms with van der Waals surface area (Å²) in [7, 11) is 1.53. The van der Waals surface area contributed by atoms with Crippen molar-refractivity contribution in [1.82, 2.24) is 15.3 Å². The van der Waals surface area contributed by atoms with Crippen LogP contribution in [0.1, 0.15) is 16.1 Å². The summed E-state index contributed by atoms with van der Waals surface area (Å²) in [5, 5.41) is 2.73. The highest BCUT2D eigenvalue weighted by atomic mass is 16.5. The zero-order valence-corrected chi connectivity index (χ0v) is 10.5. The Balaban J connectivity index is 2.07. The number of nitrogens with zero attached hydrogens (tertiary/aromatic N) is 2. The van der Waals surface area contributed by atoms with Crippen LogP contribution in [-0.2, 0) is 6.54 Å². The molecule has 2 rings (SSSR count). The molecule has 0 saturated carbocycles. The van der Waals surface area contributed by atoms with Gasteiger partial charge < -0.3 is 15.8 Å². The van der Waals surface area contributed by atoms with Crippen molar-refractivity contribution >= 4 is 11.6 Å². The highest BCUT2D eigenvalue weighted by Gasteiger charge is 2.11. The van der Waals surface area contributed by atoms with Crippen LogP contribution < -0.4 is 15.8 Å². The van der Waals surface area contributed by atoms with Gasteiger partial charge in [-0.1, -0.05) is 6.07 Å². The fourth-order valence-corrected chi connectivity index (χ4v) is 1.61. The van der Waals surface area contributed by atoms with E-state index in [1.165, 1.54) is 13.3 Å². The lowest BCUT2D eigenvalue weighted by Crippen LogP contribution is -2.25. The average Bonchev–Trinajstić information content (AvgIpc) is 2.45. The van der Waals surface area contributed by atoms with Crippen LogP contribution in [-0.4, -0.2) is 23.0 Å². The number of aromatic nitrogens is 2. The number of ether oxygens (including phenoxy) is 1. The molecule has 19 heavy (non-hydrogen) atoms. The van der Waals surface area contributed by atoms with Gasteiger partial charge >= 0.3 is 0 Å². The second-order valence-corrected chi connectivity index (χ2v) is 3.80. The zero-order chi connectivity index (χ0) is 13.7. The Morgan fingerprint density at radius 1 is 1.32 bits per heavy atom. The third-order valence-electron chi connectivity index (χ3n) is 2.54. The minimum atomic E-state index is -0.330. The lowest BCUT2D eigenvalue weighted by atomic mass is 10.2. The monoisotopic (exact) mass is 258 g/mol. The average molecular weight is 258 g/mol. The SMILES string of the molecule is COc1ncccc1CNC(=O)c1ncccc1N. The summed E-state index contributed by atoms with van der Waals surface area (Å²) in [6, 6.07) is 6.91. The molecule has 0 unspecified atom stereocenters. The lowest BCUT2D eigenvalue weighted by molar-refractivity contribution is 0.0946. The standard InChI is InChI=1S/C13H14N4O2/c1-19-13-9(4-2-7-16-13)8-17-12(18)11-10(14)5-3-6-15-11/h2-7H,8,14H2,1H3,(H,17,18). The molecule has 0 saturated heterocycles. The molecule has 0 aliphatic heterocycles. The molecule has 0 aliphatic rings. The van der Waals surface area contributed by atoms with E-state index in [-0.39, 0.29) is 11.6 Å². The molecule has 0 bridgehead atoms. The van der Waals surface area contributed by atoms with Gasteiger partial charge in [0.1, 0.15) is 0 Å². The second kappa shape index (κ2) is 5.81. The molecule has 1 amide bonds. The smallest absolute Gasteiger partial charge is 0.272 e. The number of rotatable bonds is 4. The summed E-state index contributed by atoms with van der Waals surface area (Å²) in [6.07, 6.45) is 3.15. The first-order valence-corrected chi connectivity index (χ1v) is 5.69. The van der Waals surface area contributed by atoms with Gasteiger partial charge in [-0.3, -0.25) is 4.79 Å². The van der Waals surface area contributed by atoms with E-state index in [0.29, 0.717) is 18.1 Å². The first-order valence-electron chi connectivity index (χ1n) is 5.69. The van der Waals surface area contributed by atoms with Gasteiger partial charge in [0.2, 0.25) is 5.88 Å². The molecule has 3 N–H and O–H groups in total. The number of carbonyl (C=O) groups excluding carboxylic acids is 1. The molecule has 98 valence electrons. The predicted octanol–water partition coefficient (Wildman–Crippen LogP) is 0.997. The molecule has 0 radical (unpaired) electrons. The van der Waals surface area contributed by atoms with Crippen LogP contribution in [0, 0.1) is 0 Å². The number of nitrogen functional groups attached to an aromatic ring is 1. The topological polar surface area (TPSA) is 90.1 Å². The summed E-state index contributed by atoms with van der Waals surface area (Å²) in [5.74, 6) is 0.154. The van der Waals surface area contributed by atoms with Crippen LogP contribution in [0.5, 0.6) is 5.88 Å². The Hall–Kier alpha value is -2.63. The highest BCUT2D eigenvalue weighted by Crippen LogP contribution is 2.13. The second-order valence-electron chi connectivity index (χ2n) is 3.80. The summed E-state index contributed by atoms with van der Waals surface area (Å²) in [6.45, 7) is 0.297. The van der Waals surface area contributed by atoms with E-state index in [4.69, 9.17) is 10.5 Å². The Morgan fingerprint density at radius 3 is 2.79 bits per heavy atom. The van der Waals surface area contributed by atoms with Crippen molar-refractivity contribution in [2.75, 3.05) is 12.8 Å². The molecular weight excluding hydrogens is 244 g/mol. The molecule has 2 heterocycles. The van der Waals surface area contributed by atoms with Gasteiger partial charge in [0, 0.05) is 24.5 Å². The molecule has 2 aromatic rings. The van der Waals surface area contributed by atoms with Crippen molar-refractivity contribution < 1.29 is 9.53 Å². The summed E-state index contributed by atoms with van der Waals surface area (Å²) in [4.78, 5) is 19.9. The number of amides is 1. The van der Waals surface area contributed by atoms with E-state index >= 15 is 0 Å². The predicted molar refractivity (Wildman–Crippen MR) is 70.6 cm³/mol. The van der Waals surface area contributed by atoms with Gasteiger partial charge in [0.05, 0.1) is 12.8 Å². The van der Waals surface area contributed by atoms with E-state index in [0.717, 1.165) is 5.56 Å². The maximum atomic E-state index is 11.9. The normalized spacial score (nSPS) is 9.95. The largest absolute Gasteiger partial charge is 0.481 e. The molecule has 0 spiro atoms. The van der Waals surface area contributed by atoms with E-state index < -0.39 is 0 Å². The Morgan fingerprint density at radius 2 is 2.05 bits per heavy atom. The third kappa shape index (κ3) is 2.98. The Bertz CT molecular complexity index is 586. The van der Waals surface area contributed by atoms with Gasteiger partial charge in [-0.15, -0.1) is 0 Å². The summed E-state index contributed by atoms with van der Waals surface area (Å²) < 4.78 is 5.10. The van der Waals surface area contributed by atoms with E-state index in [9.17, 15) is 4.79 Å². The number of methoxy groups -OCH3 is 1. The van der Waals surface area contributed by atoms with Crippen molar-refractivity contribution in [2.24, 2.45) is 0 Å². The fraction of sp³-hybridized carbons (Fsp3) is 0.154. The number of hydrogen-bond donors (Lipinski definition) is 2. The zero-order valence-electron chi connectivity index (χ0n) is 10.5. The highest BCUT2D eigenvalue weighted by molar-refractivity contribution is 5.96. The van der Waals surface area contributed by atoms with Gasteiger partial charge in [0.15, 0.2) is 5.69 Å². The molecule has 0 aliphatic carbocycles. The van der Waals surface area contributed by atoms with E-state index in [1.807, 2.05) is 6.07 Å². The quantitative estimate of drug-likeness (QED) is 0.853. The van der Waals surface area contributed by atoms with Gasteiger partial charge in [-0.2, -0.15) is 0 Å². The fourth-order valence-electron chi connectivity index (χ4n) is 1.61. The number of hydrogen-bond acceptors (Lipinski definition) is 5. The Labute approximate surface area is 110 Å². The number of carbonyl (C=O) groups is 1. The molecule has 0 atom stereocenters. The lowest BCUT2D eigenvalue weighted by Gasteiger charge is -2.09. The first-order chi connectivity index (χ1) is 9.22. The van der Waals surface area contributed by atoms with Crippen molar-refractivity contribution in [2.45, 2.75) is 6.54 Å². The van der Waals surface area contributed by atoms with Gasteiger partial charge in [-0.25, -0.2) is 9.97 Å². The number of nitrogens with one attached hydrogen (secondary N) is 1. The van der Waals surface area contributed by atoms with Crippen LogP contribution in [0.15, 0.2) is 36.7 Å². The Kier molecular flexibility index (Phi) is 3.92. The number of anilines is 1. The third-order valence-corrected chi connectivity index (χ3v) is 2.54. The molecule has 0 aromatic carbocycles. The van der Waals surface area contributed by atoms with Crippen LogP contribution in [0.2, 0.25) is 0 Å². The molecule has 6 nitrogen and oxygen atoms in total. The minimum absolute atomic E-state index is 0.213. The number of pyridine rings is 2. The van der Waals surface area contributed by atoms with E-state index in [1.54, 1.807) is 24.4 Å². The maximum Gasteiger partial charge on any atom is 0.272 e. The molecule has 2 aromatic heterocycles. The van der Waals surface area contributed by atoms with Crippen LogP contribution >= 0.6 is 0 Å². The summed E-state index contributed by atoms with van der Waals surface area (Å²) in [5.41, 5.74) is 7.03. The minimum Gasteiger partial charge on any atom is -0.481 e. The maximum absolute atomic E-state index is 11.9. The molecule has 0 fully saturated rings. The van der Waals surface area contributed by atoms with Crippen molar-refractivity contribution in [3.8, 4) is 5.88 Å². The van der Waals surface area contributed by atoms with Gasteiger partial charge in [0.25, 0.3) is 5.91 Å². The van der Waals surface area contributed by atoms with E-state index in [2.05, 4.69) is 15.3 Å². The number of nitrogens with two attached hydrogens (primary N) is 1. The van der Waals surface area contributed by atoms with Crippen molar-refractivity contribution in [3.63, 3.8) is 0 Å². The molecule has 6 heteroatoms. The van der Waals surface area contributed by atoms with Crippen molar-refractivity contribution in [1.29, 1.82) is 0 Å². The van der Waals surface area contributed by atoms with Crippen LogP contribution in [0.3, 0.4) is 0 Å².